The number of nitrogens with two attached hydrogens (primary N) is 1. The standard InChI is InChI=1S/C6H4ClN3O4/c7-6-4(9(11)12)1-3(8)2-5(6)10(13)14/h1-2H,8H2. The molecule has 0 atom stereocenters. The Kier molecular flexibility index (Phi) is 2.52. The van der Waals surface area contributed by atoms with Crippen LogP contribution in [0.3, 0.4) is 0 Å². The Labute approximate surface area is 82.4 Å². The van der Waals surface area contributed by atoms with Crippen molar-refractivity contribution >= 4 is 28.7 Å². The summed E-state index contributed by atoms with van der Waals surface area (Å²) >= 11 is 5.43. The van der Waals surface area contributed by atoms with Crippen molar-refractivity contribution in [3.05, 3.63) is 37.4 Å². The van der Waals surface area contributed by atoms with Gasteiger partial charge in [-0.1, -0.05) is 11.6 Å². The van der Waals surface area contributed by atoms with Gasteiger partial charge in [0.05, 0.1) is 9.85 Å². The molecule has 0 aromatic heterocycles. The lowest BCUT2D eigenvalue weighted by molar-refractivity contribution is -0.393. The van der Waals surface area contributed by atoms with Crippen molar-refractivity contribution in [3.8, 4) is 0 Å². The van der Waals surface area contributed by atoms with Gasteiger partial charge in [0.2, 0.25) is 0 Å². The second kappa shape index (κ2) is 3.46. The largest absolute Gasteiger partial charge is 0.398 e. The van der Waals surface area contributed by atoms with Gasteiger partial charge < -0.3 is 5.73 Å². The first-order chi connectivity index (χ1) is 6.43. The Morgan fingerprint density at radius 2 is 1.50 bits per heavy atom. The van der Waals surface area contributed by atoms with Crippen molar-refractivity contribution in [2.45, 2.75) is 0 Å². The van der Waals surface area contributed by atoms with Crippen LogP contribution in [0.4, 0.5) is 17.1 Å². The first-order valence-electron chi connectivity index (χ1n) is 3.31. The first-order valence-corrected chi connectivity index (χ1v) is 3.69. The van der Waals surface area contributed by atoms with E-state index in [-0.39, 0.29) is 5.69 Å². The monoisotopic (exact) mass is 217 g/mol. The second-order valence-electron chi connectivity index (χ2n) is 2.39. The molecule has 0 amide bonds. The Morgan fingerprint density at radius 1 is 1.14 bits per heavy atom. The third-order valence-electron chi connectivity index (χ3n) is 1.45. The van der Waals surface area contributed by atoms with E-state index in [4.69, 9.17) is 17.3 Å². The highest BCUT2D eigenvalue weighted by Gasteiger charge is 2.24. The Bertz CT molecular complexity index is 385. The topological polar surface area (TPSA) is 112 Å². The number of nitrogen functional groups attached to an aromatic ring is 1. The SMILES string of the molecule is Nc1cc([N+](=O)[O-])c(Cl)c([N+](=O)[O-])c1. The van der Waals surface area contributed by atoms with E-state index in [1.807, 2.05) is 0 Å². The number of benzene rings is 1. The summed E-state index contributed by atoms with van der Waals surface area (Å²) in [5.41, 5.74) is 4.02. The minimum Gasteiger partial charge on any atom is -0.398 e. The van der Waals surface area contributed by atoms with E-state index in [1.165, 1.54) is 0 Å². The van der Waals surface area contributed by atoms with Crippen molar-refractivity contribution in [3.63, 3.8) is 0 Å². The summed E-state index contributed by atoms with van der Waals surface area (Å²) in [5, 5.41) is 20.3. The van der Waals surface area contributed by atoms with Crippen molar-refractivity contribution in [1.82, 2.24) is 0 Å². The quantitative estimate of drug-likeness (QED) is 0.460. The zero-order valence-electron chi connectivity index (χ0n) is 6.64. The van der Waals surface area contributed by atoms with Crippen LogP contribution < -0.4 is 5.73 Å². The van der Waals surface area contributed by atoms with Crippen molar-refractivity contribution in [2.75, 3.05) is 5.73 Å². The van der Waals surface area contributed by atoms with Gasteiger partial charge in [-0.2, -0.15) is 0 Å². The van der Waals surface area contributed by atoms with E-state index >= 15 is 0 Å². The third-order valence-corrected chi connectivity index (χ3v) is 1.84. The van der Waals surface area contributed by atoms with Gasteiger partial charge in [0.1, 0.15) is 0 Å². The summed E-state index contributed by atoms with van der Waals surface area (Å²) in [6, 6.07) is 1.94. The van der Waals surface area contributed by atoms with Gasteiger partial charge in [0.25, 0.3) is 11.4 Å². The average molecular weight is 218 g/mol. The third kappa shape index (κ3) is 1.72. The molecule has 1 rings (SSSR count). The fraction of sp³-hybridized carbons (Fsp3) is 0. The lowest BCUT2D eigenvalue weighted by Gasteiger charge is -1.98. The van der Waals surface area contributed by atoms with Crippen LogP contribution in [-0.2, 0) is 0 Å². The van der Waals surface area contributed by atoms with Crippen LogP contribution in [0.1, 0.15) is 0 Å². The van der Waals surface area contributed by atoms with Crippen LogP contribution in [0.2, 0.25) is 5.02 Å². The molecule has 0 aliphatic carbocycles. The van der Waals surface area contributed by atoms with Gasteiger partial charge >= 0.3 is 0 Å². The molecule has 0 spiro atoms. The van der Waals surface area contributed by atoms with Gasteiger partial charge in [-0.15, -0.1) is 0 Å². The smallest absolute Gasteiger partial charge is 0.297 e. The van der Waals surface area contributed by atoms with Gasteiger partial charge in [0, 0.05) is 17.8 Å². The number of hydrogen-bond donors (Lipinski definition) is 1. The number of rotatable bonds is 2. The van der Waals surface area contributed by atoms with Gasteiger partial charge in [-0.05, 0) is 0 Å². The van der Waals surface area contributed by atoms with E-state index in [1.54, 1.807) is 0 Å². The maximum atomic E-state index is 10.4. The molecule has 2 N–H and O–H groups in total. The zero-order valence-corrected chi connectivity index (χ0v) is 7.39. The first kappa shape index (κ1) is 10.2. The van der Waals surface area contributed by atoms with Gasteiger partial charge in [-0.3, -0.25) is 20.2 Å². The van der Waals surface area contributed by atoms with Crippen molar-refractivity contribution in [2.24, 2.45) is 0 Å². The predicted octanol–water partition coefficient (Wildman–Crippen LogP) is 1.74. The average Bonchev–Trinajstić information content (AvgIpc) is 2.07. The number of anilines is 1. The molecular formula is C6H4ClN3O4. The molecular weight excluding hydrogens is 214 g/mol. The normalized spacial score (nSPS) is 9.79. The van der Waals surface area contributed by atoms with Crippen LogP contribution in [0.15, 0.2) is 12.1 Å². The molecule has 0 fully saturated rings. The highest BCUT2D eigenvalue weighted by molar-refractivity contribution is 6.34. The minimum atomic E-state index is -0.828. The number of nitrogens with zero attached hydrogens (tertiary/aromatic N) is 2. The summed E-state index contributed by atoms with van der Waals surface area (Å²) in [5.74, 6) is 0. The van der Waals surface area contributed by atoms with E-state index < -0.39 is 26.2 Å². The molecule has 74 valence electrons. The molecule has 8 heteroatoms. The summed E-state index contributed by atoms with van der Waals surface area (Å²) < 4.78 is 0. The minimum absolute atomic E-state index is 0.0761. The molecule has 0 unspecified atom stereocenters. The summed E-state index contributed by atoms with van der Waals surface area (Å²) in [6.45, 7) is 0. The van der Waals surface area contributed by atoms with Crippen LogP contribution in [0, 0.1) is 20.2 Å². The molecule has 7 nitrogen and oxygen atoms in total. The van der Waals surface area contributed by atoms with Crippen LogP contribution >= 0.6 is 11.6 Å². The van der Waals surface area contributed by atoms with E-state index in [0.717, 1.165) is 12.1 Å². The maximum Gasteiger partial charge on any atom is 0.297 e. The summed E-state index contributed by atoms with van der Waals surface area (Å²) in [4.78, 5) is 19.1. The molecule has 0 aliphatic heterocycles. The molecule has 0 radical (unpaired) electrons. The van der Waals surface area contributed by atoms with Gasteiger partial charge in [0.15, 0.2) is 5.02 Å². The van der Waals surface area contributed by atoms with E-state index in [0.29, 0.717) is 0 Å². The lowest BCUT2D eigenvalue weighted by atomic mass is 10.2. The summed E-state index contributed by atoms with van der Waals surface area (Å²) in [6.07, 6.45) is 0. The maximum absolute atomic E-state index is 10.4. The summed E-state index contributed by atoms with van der Waals surface area (Å²) in [7, 11) is 0. The second-order valence-corrected chi connectivity index (χ2v) is 2.77. The Balaban J connectivity index is 3.47. The van der Waals surface area contributed by atoms with Crippen molar-refractivity contribution in [1.29, 1.82) is 0 Å². The van der Waals surface area contributed by atoms with Crippen LogP contribution in [-0.4, -0.2) is 9.85 Å². The van der Waals surface area contributed by atoms with Gasteiger partial charge in [-0.25, -0.2) is 0 Å². The molecule has 0 heterocycles. The number of hydrogen-bond acceptors (Lipinski definition) is 5. The number of nitro benzene ring substituents is 2. The number of halogens is 1. The fourth-order valence-corrected chi connectivity index (χ4v) is 1.13. The molecule has 14 heavy (non-hydrogen) atoms. The van der Waals surface area contributed by atoms with Crippen LogP contribution in [0.25, 0.3) is 0 Å². The fourth-order valence-electron chi connectivity index (χ4n) is 0.881. The zero-order chi connectivity index (χ0) is 10.9. The van der Waals surface area contributed by atoms with E-state index in [9.17, 15) is 20.2 Å². The molecule has 0 saturated carbocycles. The highest BCUT2D eigenvalue weighted by atomic mass is 35.5. The lowest BCUT2D eigenvalue weighted by Crippen LogP contribution is -1.97. The van der Waals surface area contributed by atoms with Crippen LogP contribution in [0.5, 0.6) is 0 Å². The highest BCUT2D eigenvalue weighted by Crippen LogP contribution is 2.35. The molecule has 1 aromatic rings. The number of nitro groups is 2. The predicted molar refractivity (Wildman–Crippen MR) is 49.2 cm³/mol. The van der Waals surface area contributed by atoms with Crippen molar-refractivity contribution < 1.29 is 9.85 Å². The Morgan fingerprint density at radius 3 is 1.79 bits per heavy atom. The molecule has 0 bridgehead atoms. The van der Waals surface area contributed by atoms with E-state index in [2.05, 4.69) is 0 Å². The molecule has 1 aromatic carbocycles. The Hall–Kier alpha value is -1.89. The molecule has 0 aliphatic rings. The molecule has 0 saturated heterocycles.